The third kappa shape index (κ3) is 4.66. The lowest BCUT2D eigenvalue weighted by Crippen LogP contribution is -2.22. The number of methoxy groups -OCH3 is 1. The lowest BCUT2D eigenvalue weighted by atomic mass is 10.2. The minimum absolute atomic E-state index is 0.0666. The molecule has 0 saturated heterocycles. The van der Waals surface area contributed by atoms with Gasteiger partial charge in [-0.15, -0.1) is 10.2 Å². The van der Waals surface area contributed by atoms with Gasteiger partial charge in [0.25, 0.3) is 0 Å². The van der Waals surface area contributed by atoms with Crippen LogP contribution in [-0.4, -0.2) is 32.2 Å². The average Bonchev–Trinajstić information content (AvgIpc) is 3.22. The minimum Gasteiger partial charge on any atom is -0.497 e. The van der Waals surface area contributed by atoms with Gasteiger partial charge in [0.1, 0.15) is 17.4 Å². The van der Waals surface area contributed by atoms with Crippen LogP contribution >= 0.6 is 0 Å². The number of aromatic nitrogens is 4. The van der Waals surface area contributed by atoms with Crippen LogP contribution in [0.25, 0.3) is 11.3 Å². The van der Waals surface area contributed by atoms with Crippen molar-refractivity contribution in [2.45, 2.75) is 25.8 Å². The van der Waals surface area contributed by atoms with Gasteiger partial charge < -0.3 is 10.1 Å². The first-order chi connectivity index (χ1) is 15.5. The molecule has 0 bridgehead atoms. The first-order valence-corrected chi connectivity index (χ1v) is 10.2. The van der Waals surface area contributed by atoms with Gasteiger partial charge in [-0.05, 0) is 42.3 Å². The number of fused-ring (bicyclic) bond motifs is 1. The predicted octanol–water partition coefficient (Wildman–Crippen LogP) is 2.67. The zero-order valence-corrected chi connectivity index (χ0v) is 17.5. The highest BCUT2D eigenvalue weighted by atomic mass is 19.1. The van der Waals surface area contributed by atoms with E-state index in [9.17, 15) is 14.0 Å². The van der Waals surface area contributed by atoms with Crippen LogP contribution in [0, 0.1) is 5.82 Å². The van der Waals surface area contributed by atoms with Gasteiger partial charge in [0.2, 0.25) is 11.6 Å². The first-order valence-electron chi connectivity index (χ1n) is 10.2. The Balaban J connectivity index is 1.36. The molecule has 4 rings (SSSR count). The Morgan fingerprint density at radius 1 is 1.12 bits per heavy atom. The van der Waals surface area contributed by atoms with Crippen molar-refractivity contribution in [2.24, 2.45) is 0 Å². The van der Waals surface area contributed by atoms with Crippen molar-refractivity contribution < 1.29 is 13.9 Å². The van der Waals surface area contributed by atoms with Gasteiger partial charge in [-0.2, -0.15) is 0 Å². The molecule has 164 valence electrons. The largest absolute Gasteiger partial charge is 0.497 e. The van der Waals surface area contributed by atoms with Gasteiger partial charge >= 0.3 is 5.56 Å². The lowest BCUT2D eigenvalue weighted by molar-refractivity contribution is -0.121. The number of rotatable bonds is 8. The fraction of sp³-hybridized carbons (Fsp3) is 0.217. The minimum atomic E-state index is -0.429. The summed E-state index contributed by atoms with van der Waals surface area (Å²) in [6.45, 7) is 0.441. The fourth-order valence-corrected chi connectivity index (χ4v) is 3.37. The maximum atomic E-state index is 13.5. The molecule has 0 unspecified atom stereocenters. The molecule has 2 aromatic carbocycles. The van der Waals surface area contributed by atoms with E-state index in [1.54, 1.807) is 30.0 Å². The Bertz CT molecular complexity index is 1300. The quantitative estimate of drug-likeness (QED) is 0.460. The summed E-state index contributed by atoms with van der Waals surface area (Å²) in [5, 5.41) is 11.0. The monoisotopic (exact) mass is 435 g/mol. The molecule has 1 amide bonds. The summed E-state index contributed by atoms with van der Waals surface area (Å²) in [6, 6.07) is 13.3. The number of hydrogen-bond acceptors (Lipinski definition) is 5. The van der Waals surface area contributed by atoms with Crippen molar-refractivity contribution in [3.8, 4) is 11.4 Å². The molecule has 32 heavy (non-hydrogen) atoms. The van der Waals surface area contributed by atoms with Gasteiger partial charge in [-0.25, -0.2) is 4.39 Å². The summed E-state index contributed by atoms with van der Waals surface area (Å²) in [4.78, 5) is 24.9. The average molecular weight is 435 g/mol. The van der Waals surface area contributed by atoms with Crippen LogP contribution in [0.15, 0.2) is 65.7 Å². The van der Waals surface area contributed by atoms with E-state index in [0.29, 0.717) is 37.3 Å². The molecule has 0 aliphatic heterocycles. The summed E-state index contributed by atoms with van der Waals surface area (Å²) < 4.78 is 21.5. The molecule has 1 N–H and O–H groups in total. The molecule has 0 saturated carbocycles. The first kappa shape index (κ1) is 21.2. The molecule has 4 aromatic rings. The SMILES string of the molecule is COc1ccc(CNC(=O)CCCc2nnc3c(=O)n(-c4cccc(F)c4)ccn23)cc1. The summed E-state index contributed by atoms with van der Waals surface area (Å²) in [6.07, 6.45) is 4.59. The third-order valence-electron chi connectivity index (χ3n) is 5.08. The molecule has 2 aromatic heterocycles. The van der Waals surface area contributed by atoms with Gasteiger partial charge in [0, 0.05) is 31.8 Å². The molecular formula is C23H22FN5O3. The lowest BCUT2D eigenvalue weighted by Gasteiger charge is -2.07. The van der Waals surface area contributed by atoms with E-state index in [0.717, 1.165) is 11.3 Å². The van der Waals surface area contributed by atoms with Crippen LogP contribution in [0.5, 0.6) is 5.75 Å². The number of aryl methyl sites for hydroxylation is 1. The second-order valence-electron chi connectivity index (χ2n) is 7.24. The standard InChI is InChI=1S/C23H22FN5O3/c1-32-19-10-8-16(9-11-19)15-25-21(30)7-3-6-20-26-27-22-23(31)28(12-13-29(20)22)18-5-2-4-17(24)14-18/h2,4-5,8-14H,3,6-7,15H2,1H3,(H,25,30). The van der Waals surface area contributed by atoms with Gasteiger partial charge in [0.05, 0.1) is 12.8 Å². The van der Waals surface area contributed by atoms with E-state index in [4.69, 9.17) is 4.74 Å². The summed E-state index contributed by atoms with van der Waals surface area (Å²) in [5.41, 5.74) is 1.15. The van der Waals surface area contributed by atoms with E-state index < -0.39 is 11.4 Å². The number of ether oxygens (including phenoxy) is 1. The van der Waals surface area contributed by atoms with Crippen molar-refractivity contribution in [2.75, 3.05) is 7.11 Å². The topological polar surface area (TPSA) is 90.5 Å². The van der Waals surface area contributed by atoms with Crippen LogP contribution < -0.4 is 15.6 Å². The second-order valence-corrected chi connectivity index (χ2v) is 7.24. The molecule has 0 atom stereocenters. The highest BCUT2D eigenvalue weighted by Gasteiger charge is 2.12. The number of hydrogen-bond donors (Lipinski definition) is 1. The number of nitrogens with one attached hydrogen (secondary N) is 1. The highest BCUT2D eigenvalue weighted by Crippen LogP contribution is 2.12. The number of amides is 1. The van der Waals surface area contributed by atoms with Gasteiger partial charge in [0.15, 0.2) is 0 Å². The predicted molar refractivity (Wildman–Crippen MR) is 116 cm³/mol. The van der Waals surface area contributed by atoms with E-state index in [2.05, 4.69) is 15.5 Å². The van der Waals surface area contributed by atoms with E-state index in [1.807, 2.05) is 24.3 Å². The van der Waals surface area contributed by atoms with E-state index in [-0.39, 0.29) is 11.6 Å². The van der Waals surface area contributed by atoms with Crippen LogP contribution in [0.1, 0.15) is 24.2 Å². The van der Waals surface area contributed by atoms with Crippen molar-refractivity contribution in [3.63, 3.8) is 0 Å². The maximum absolute atomic E-state index is 13.5. The van der Waals surface area contributed by atoms with Crippen LogP contribution in [0.3, 0.4) is 0 Å². The zero-order valence-electron chi connectivity index (χ0n) is 17.5. The summed E-state index contributed by atoms with van der Waals surface area (Å²) in [7, 11) is 1.61. The molecule has 9 heteroatoms. The molecular weight excluding hydrogens is 413 g/mol. The Labute approximate surface area is 183 Å². The maximum Gasteiger partial charge on any atom is 0.300 e. The Morgan fingerprint density at radius 2 is 1.94 bits per heavy atom. The zero-order chi connectivity index (χ0) is 22.5. The number of carbonyl (C=O) groups is 1. The molecule has 2 heterocycles. The van der Waals surface area contributed by atoms with Crippen LogP contribution in [0.2, 0.25) is 0 Å². The van der Waals surface area contributed by atoms with Crippen molar-refractivity contribution in [1.82, 2.24) is 24.5 Å². The molecule has 0 radical (unpaired) electrons. The number of benzene rings is 2. The normalized spacial score (nSPS) is 10.9. The smallest absolute Gasteiger partial charge is 0.300 e. The van der Waals surface area contributed by atoms with Crippen LogP contribution in [0.4, 0.5) is 4.39 Å². The fourth-order valence-electron chi connectivity index (χ4n) is 3.37. The van der Waals surface area contributed by atoms with Crippen molar-refractivity contribution >= 4 is 11.6 Å². The number of carbonyl (C=O) groups excluding carboxylic acids is 1. The van der Waals surface area contributed by atoms with E-state index in [1.165, 1.54) is 22.8 Å². The Kier molecular flexibility index (Phi) is 6.25. The number of nitrogens with zero attached hydrogens (tertiary/aromatic N) is 4. The Morgan fingerprint density at radius 3 is 2.69 bits per heavy atom. The number of halogens is 1. The molecule has 0 aliphatic rings. The molecule has 8 nitrogen and oxygen atoms in total. The Hall–Kier alpha value is -4.01. The summed E-state index contributed by atoms with van der Waals surface area (Å²) in [5.74, 6) is 0.861. The van der Waals surface area contributed by atoms with Gasteiger partial charge in [-0.1, -0.05) is 18.2 Å². The van der Waals surface area contributed by atoms with Crippen LogP contribution in [-0.2, 0) is 17.8 Å². The molecule has 0 aliphatic carbocycles. The molecule has 0 spiro atoms. The summed E-state index contributed by atoms with van der Waals surface area (Å²) >= 11 is 0. The van der Waals surface area contributed by atoms with Crippen molar-refractivity contribution in [1.29, 1.82) is 0 Å². The molecule has 0 fully saturated rings. The van der Waals surface area contributed by atoms with Gasteiger partial charge in [-0.3, -0.25) is 18.6 Å². The van der Waals surface area contributed by atoms with E-state index >= 15 is 0 Å². The second kappa shape index (κ2) is 9.42. The third-order valence-corrected chi connectivity index (χ3v) is 5.08. The van der Waals surface area contributed by atoms with Crippen molar-refractivity contribution in [3.05, 3.63) is 88.5 Å². The highest BCUT2D eigenvalue weighted by molar-refractivity contribution is 5.75.